The average molecular weight is 329 g/mol. The zero-order valence-electron chi connectivity index (χ0n) is 13.0. The molecule has 2 aliphatic rings. The zero-order chi connectivity index (χ0) is 16.4. The van der Waals surface area contributed by atoms with Crippen molar-refractivity contribution in [1.82, 2.24) is 14.7 Å². The van der Waals surface area contributed by atoms with Crippen molar-refractivity contribution in [1.29, 1.82) is 0 Å². The van der Waals surface area contributed by atoms with Crippen LogP contribution in [-0.2, 0) is 11.3 Å². The third-order valence-corrected chi connectivity index (χ3v) is 5.10. The van der Waals surface area contributed by atoms with Crippen molar-refractivity contribution in [3.8, 4) is 0 Å². The Hall–Kier alpha value is -1.53. The summed E-state index contributed by atoms with van der Waals surface area (Å²) in [6, 6.07) is 1.88. The van der Waals surface area contributed by atoms with Crippen LogP contribution < -0.4 is 0 Å². The molecule has 7 heteroatoms. The lowest BCUT2D eigenvalue weighted by Gasteiger charge is -2.34. The number of hydrogen-bond donors (Lipinski definition) is 0. The molecule has 3 atom stereocenters. The van der Waals surface area contributed by atoms with Crippen LogP contribution in [0, 0.1) is 11.8 Å². The van der Waals surface area contributed by atoms with Gasteiger partial charge in [0, 0.05) is 24.9 Å². The van der Waals surface area contributed by atoms with Crippen LogP contribution in [0.5, 0.6) is 0 Å². The summed E-state index contributed by atoms with van der Waals surface area (Å²) in [4.78, 5) is 14.5. The van der Waals surface area contributed by atoms with Crippen molar-refractivity contribution >= 4 is 5.91 Å². The number of hydrogen-bond acceptors (Lipinski definition) is 2. The molecule has 3 rings (SSSR count). The molecule has 2 fully saturated rings. The van der Waals surface area contributed by atoms with Gasteiger partial charge < -0.3 is 4.90 Å². The number of nitrogens with zero attached hydrogens (tertiary/aromatic N) is 3. The first-order valence-electron chi connectivity index (χ1n) is 8.30. The van der Waals surface area contributed by atoms with Gasteiger partial charge in [0.15, 0.2) is 0 Å². The molecule has 0 bridgehead atoms. The number of alkyl halides is 3. The molecule has 1 amide bonds. The molecule has 1 aromatic rings. The Balaban J connectivity index is 1.64. The molecule has 0 radical (unpaired) electrons. The monoisotopic (exact) mass is 329 g/mol. The second kappa shape index (κ2) is 6.53. The van der Waals surface area contributed by atoms with E-state index in [1.807, 2.05) is 12.3 Å². The van der Waals surface area contributed by atoms with Crippen molar-refractivity contribution in [3.63, 3.8) is 0 Å². The lowest BCUT2D eigenvalue weighted by Crippen LogP contribution is -2.44. The van der Waals surface area contributed by atoms with Gasteiger partial charge in [-0.3, -0.25) is 9.48 Å². The number of likely N-dealkylation sites (tertiary alicyclic amines) is 1. The predicted molar refractivity (Wildman–Crippen MR) is 78.5 cm³/mol. The van der Waals surface area contributed by atoms with Gasteiger partial charge in [-0.05, 0) is 38.2 Å². The van der Waals surface area contributed by atoms with Gasteiger partial charge in [-0.15, -0.1) is 0 Å². The topological polar surface area (TPSA) is 38.1 Å². The summed E-state index contributed by atoms with van der Waals surface area (Å²) in [5.74, 6) is -1.89. The van der Waals surface area contributed by atoms with E-state index in [1.54, 1.807) is 15.8 Å². The van der Waals surface area contributed by atoms with Crippen LogP contribution in [0.25, 0.3) is 0 Å². The summed E-state index contributed by atoms with van der Waals surface area (Å²) >= 11 is 0. The van der Waals surface area contributed by atoms with Crippen molar-refractivity contribution in [2.24, 2.45) is 11.8 Å². The molecule has 0 aromatic carbocycles. The lowest BCUT2D eigenvalue weighted by molar-refractivity contribution is -0.187. The van der Waals surface area contributed by atoms with Crippen molar-refractivity contribution in [2.45, 2.75) is 57.3 Å². The smallest absolute Gasteiger partial charge is 0.338 e. The molecular weight excluding hydrogens is 307 g/mol. The highest BCUT2D eigenvalue weighted by Crippen LogP contribution is 2.41. The van der Waals surface area contributed by atoms with Gasteiger partial charge in [-0.1, -0.05) is 6.42 Å². The van der Waals surface area contributed by atoms with E-state index in [4.69, 9.17) is 0 Å². The van der Waals surface area contributed by atoms with E-state index < -0.39 is 18.0 Å². The van der Waals surface area contributed by atoms with Crippen LogP contribution in [-0.4, -0.2) is 39.4 Å². The maximum atomic E-state index is 12.9. The predicted octanol–water partition coefficient (Wildman–Crippen LogP) is 3.24. The van der Waals surface area contributed by atoms with Crippen LogP contribution >= 0.6 is 0 Å². The molecule has 2 heterocycles. The quantitative estimate of drug-likeness (QED) is 0.854. The highest BCUT2D eigenvalue weighted by Gasteiger charge is 2.45. The third kappa shape index (κ3) is 3.70. The minimum Gasteiger partial charge on any atom is -0.338 e. The van der Waals surface area contributed by atoms with E-state index >= 15 is 0 Å². The van der Waals surface area contributed by atoms with Gasteiger partial charge in [0.05, 0.1) is 18.5 Å². The first-order valence-corrected chi connectivity index (χ1v) is 8.30. The molecule has 0 N–H and O–H groups in total. The van der Waals surface area contributed by atoms with Gasteiger partial charge in [-0.2, -0.15) is 18.3 Å². The van der Waals surface area contributed by atoms with E-state index in [-0.39, 0.29) is 24.8 Å². The molecule has 1 saturated carbocycles. The molecule has 1 saturated heterocycles. The molecule has 0 unspecified atom stereocenters. The third-order valence-electron chi connectivity index (χ3n) is 5.10. The SMILES string of the molecule is O=C([C@@H]1CCC[C@H](C(F)(F)F)C1)N1CCC[C@H]1Cn1cccn1. The number of amides is 1. The molecule has 128 valence electrons. The first-order chi connectivity index (χ1) is 10.9. The fourth-order valence-corrected chi connectivity index (χ4v) is 3.89. The largest absolute Gasteiger partial charge is 0.391 e. The van der Waals surface area contributed by atoms with Crippen LogP contribution in [0.4, 0.5) is 13.2 Å². The lowest BCUT2D eigenvalue weighted by atomic mass is 9.80. The normalized spacial score (nSPS) is 29.0. The number of carbonyl (C=O) groups excluding carboxylic acids is 1. The van der Waals surface area contributed by atoms with Crippen LogP contribution in [0.15, 0.2) is 18.5 Å². The van der Waals surface area contributed by atoms with Crippen LogP contribution in [0.1, 0.15) is 38.5 Å². The molecule has 1 aliphatic carbocycles. The summed E-state index contributed by atoms with van der Waals surface area (Å²) in [5.41, 5.74) is 0. The van der Waals surface area contributed by atoms with Gasteiger partial charge in [0.2, 0.25) is 5.91 Å². The van der Waals surface area contributed by atoms with Gasteiger partial charge in [0.25, 0.3) is 0 Å². The van der Waals surface area contributed by atoms with Crippen LogP contribution in [0.2, 0.25) is 0 Å². The fraction of sp³-hybridized carbons (Fsp3) is 0.750. The Kier molecular flexibility index (Phi) is 4.64. The van der Waals surface area contributed by atoms with Gasteiger partial charge >= 0.3 is 6.18 Å². The maximum absolute atomic E-state index is 12.9. The maximum Gasteiger partial charge on any atom is 0.391 e. The minimum absolute atomic E-state index is 0.0483. The Morgan fingerprint density at radius 1 is 1.22 bits per heavy atom. The molecule has 1 aromatic heterocycles. The average Bonchev–Trinajstić information content (AvgIpc) is 3.18. The van der Waals surface area contributed by atoms with Crippen molar-refractivity contribution in [3.05, 3.63) is 18.5 Å². The molecule has 0 spiro atoms. The highest BCUT2D eigenvalue weighted by atomic mass is 19.4. The van der Waals surface area contributed by atoms with Crippen molar-refractivity contribution < 1.29 is 18.0 Å². The van der Waals surface area contributed by atoms with Crippen molar-refractivity contribution in [2.75, 3.05) is 6.54 Å². The van der Waals surface area contributed by atoms with E-state index in [2.05, 4.69) is 5.10 Å². The van der Waals surface area contributed by atoms with E-state index in [0.717, 1.165) is 12.8 Å². The molecular formula is C16H22F3N3O. The summed E-state index contributed by atoms with van der Waals surface area (Å²) in [5, 5.41) is 4.16. The first kappa shape index (κ1) is 16.3. The van der Waals surface area contributed by atoms with Crippen LogP contribution in [0.3, 0.4) is 0 Å². The second-order valence-electron chi connectivity index (χ2n) is 6.66. The highest BCUT2D eigenvalue weighted by molar-refractivity contribution is 5.79. The summed E-state index contributed by atoms with van der Waals surface area (Å²) in [6.45, 7) is 1.27. The molecule has 1 aliphatic heterocycles. The number of rotatable bonds is 3. The van der Waals surface area contributed by atoms with E-state index in [0.29, 0.717) is 25.9 Å². The number of carbonyl (C=O) groups is 1. The minimum atomic E-state index is -4.18. The second-order valence-corrected chi connectivity index (χ2v) is 6.66. The van der Waals surface area contributed by atoms with E-state index in [9.17, 15) is 18.0 Å². The zero-order valence-corrected chi connectivity index (χ0v) is 13.0. The number of halogens is 3. The van der Waals surface area contributed by atoms with Gasteiger partial charge in [-0.25, -0.2) is 0 Å². The summed E-state index contributed by atoms with van der Waals surface area (Å²) in [6.07, 6.45) is 2.33. The van der Waals surface area contributed by atoms with E-state index in [1.165, 1.54) is 0 Å². The summed E-state index contributed by atoms with van der Waals surface area (Å²) in [7, 11) is 0. The number of aromatic nitrogens is 2. The van der Waals surface area contributed by atoms with Gasteiger partial charge in [0.1, 0.15) is 0 Å². The molecule has 4 nitrogen and oxygen atoms in total. The fourth-order valence-electron chi connectivity index (χ4n) is 3.89. The Morgan fingerprint density at radius 2 is 2.04 bits per heavy atom. The Labute approximate surface area is 133 Å². The standard InChI is InChI=1S/C16H22F3N3O/c17-16(18,19)13-5-1-4-12(10-13)15(23)22-9-2-6-14(22)11-21-8-3-7-20-21/h3,7-8,12-14H,1-2,4-6,9-11H2/t12-,13+,14+/m1/s1. The summed E-state index contributed by atoms with van der Waals surface area (Å²) < 4.78 is 40.6. The molecule has 23 heavy (non-hydrogen) atoms. The Morgan fingerprint density at radius 3 is 2.74 bits per heavy atom. The Bertz CT molecular complexity index is 529.